The number of aliphatic hydroxyl groups is 1. The summed E-state index contributed by atoms with van der Waals surface area (Å²) >= 11 is 0. The van der Waals surface area contributed by atoms with E-state index in [0.717, 1.165) is 28.7 Å². The van der Waals surface area contributed by atoms with Crippen LogP contribution in [0.4, 0.5) is 4.79 Å². The van der Waals surface area contributed by atoms with Gasteiger partial charge in [0.1, 0.15) is 12.1 Å². The number of carboxylic acids is 1. The van der Waals surface area contributed by atoms with Crippen LogP contribution >= 0.6 is 0 Å². The molecule has 1 saturated carbocycles. The SMILES string of the molecule is O=C(NC1(C(=O)NCCC(O)C(=O)O)CCC1)OCC1c2ccccc2-c2ccccc21. The molecule has 0 saturated heterocycles. The summed E-state index contributed by atoms with van der Waals surface area (Å²) in [6.07, 6.45) is -0.568. The van der Waals surface area contributed by atoms with E-state index in [1.165, 1.54) is 0 Å². The summed E-state index contributed by atoms with van der Waals surface area (Å²) in [5.41, 5.74) is 3.42. The maximum atomic E-state index is 12.6. The van der Waals surface area contributed by atoms with E-state index in [-0.39, 0.29) is 25.5 Å². The van der Waals surface area contributed by atoms with Crippen molar-refractivity contribution >= 4 is 18.0 Å². The van der Waals surface area contributed by atoms with E-state index in [9.17, 15) is 19.5 Å². The zero-order valence-electron chi connectivity index (χ0n) is 17.5. The Balaban J connectivity index is 1.35. The first-order valence-corrected chi connectivity index (χ1v) is 10.7. The lowest BCUT2D eigenvalue weighted by Gasteiger charge is -2.40. The lowest BCUT2D eigenvalue weighted by atomic mass is 9.76. The molecule has 4 N–H and O–H groups in total. The fourth-order valence-corrected chi connectivity index (χ4v) is 4.38. The average Bonchev–Trinajstić information content (AvgIpc) is 3.08. The minimum absolute atomic E-state index is 0.000416. The minimum atomic E-state index is -1.54. The van der Waals surface area contributed by atoms with Crippen LogP contribution in [0.15, 0.2) is 48.5 Å². The number of fused-ring (bicyclic) bond motifs is 3. The maximum absolute atomic E-state index is 12.6. The molecular weight excluding hydrogens is 412 g/mol. The van der Waals surface area contributed by atoms with Crippen molar-refractivity contribution in [1.82, 2.24) is 10.6 Å². The van der Waals surface area contributed by atoms with Crippen molar-refractivity contribution in [1.29, 1.82) is 0 Å². The summed E-state index contributed by atoms with van der Waals surface area (Å²) in [5.74, 6) is -1.80. The van der Waals surface area contributed by atoms with Crippen molar-refractivity contribution in [3.63, 3.8) is 0 Å². The molecule has 32 heavy (non-hydrogen) atoms. The molecule has 2 aliphatic rings. The molecule has 0 aromatic heterocycles. The fraction of sp³-hybridized carbons (Fsp3) is 0.375. The third-order valence-electron chi connectivity index (χ3n) is 6.32. The third-order valence-corrected chi connectivity index (χ3v) is 6.32. The third kappa shape index (κ3) is 4.18. The number of amides is 2. The summed E-state index contributed by atoms with van der Waals surface area (Å²) in [5, 5.41) is 23.4. The molecule has 8 heteroatoms. The number of hydrogen-bond donors (Lipinski definition) is 4. The molecule has 8 nitrogen and oxygen atoms in total. The highest BCUT2D eigenvalue weighted by Crippen LogP contribution is 2.44. The van der Waals surface area contributed by atoms with Gasteiger partial charge in [-0.15, -0.1) is 0 Å². The van der Waals surface area contributed by atoms with E-state index in [1.54, 1.807) is 0 Å². The molecular formula is C24H26N2O6. The number of aliphatic carboxylic acids is 1. The van der Waals surface area contributed by atoms with Gasteiger partial charge >= 0.3 is 12.1 Å². The normalized spacial score (nSPS) is 16.8. The molecule has 2 amide bonds. The van der Waals surface area contributed by atoms with Crippen LogP contribution in [0.1, 0.15) is 42.7 Å². The van der Waals surface area contributed by atoms with E-state index >= 15 is 0 Å². The molecule has 4 rings (SSSR count). The second-order valence-corrected chi connectivity index (χ2v) is 8.28. The molecule has 0 spiro atoms. The largest absolute Gasteiger partial charge is 0.479 e. The van der Waals surface area contributed by atoms with Crippen molar-refractivity contribution in [3.05, 3.63) is 59.7 Å². The molecule has 1 unspecified atom stereocenters. The van der Waals surface area contributed by atoms with Gasteiger partial charge in [-0.1, -0.05) is 48.5 Å². The van der Waals surface area contributed by atoms with Crippen LogP contribution in [-0.4, -0.2) is 53.0 Å². The van der Waals surface area contributed by atoms with Crippen LogP contribution in [0.2, 0.25) is 0 Å². The van der Waals surface area contributed by atoms with Crippen LogP contribution < -0.4 is 10.6 Å². The molecule has 2 aromatic carbocycles. The van der Waals surface area contributed by atoms with Gasteiger partial charge in [0.2, 0.25) is 5.91 Å². The topological polar surface area (TPSA) is 125 Å². The summed E-state index contributed by atoms with van der Waals surface area (Å²) in [4.78, 5) is 35.9. The number of carbonyl (C=O) groups is 3. The summed E-state index contributed by atoms with van der Waals surface area (Å²) in [7, 11) is 0. The Hall–Kier alpha value is -3.39. The Morgan fingerprint density at radius 3 is 2.16 bits per heavy atom. The Labute approximate surface area is 185 Å². The van der Waals surface area contributed by atoms with Crippen LogP contribution in [0, 0.1) is 0 Å². The number of ether oxygens (including phenoxy) is 1. The Kier molecular flexibility index (Phi) is 6.14. The highest BCUT2D eigenvalue weighted by Gasteiger charge is 2.46. The summed E-state index contributed by atoms with van der Waals surface area (Å²) in [6.45, 7) is 0.156. The summed E-state index contributed by atoms with van der Waals surface area (Å²) in [6, 6.07) is 16.1. The van der Waals surface area contributed by atoms with Gasteiger partial charge in [0.25, 0.3) is 0 Å². The molecule has 0 radical (unpaired) electrons. The molecule has 0 aliphatic heterocycles. The van der Waals surface area contributed by atoms with Gasteiger partial charge in [-0.25, -0.2) is 9.59 Å². The number of carbonyl (C=O) groups excluding carboxylic acids is 2. The molecule has 0 heterocycles. The number of benzene rings is 2. The highest BCUT2D eigenvalue weighted by atomic mass is 16.5. The number of aliphatic hydroxyl groups excluding tert-OH is 1. The van der Waals surface area contributed by atoms with Crippen LogP contribution in [-0.2, 0) is 14.3 Å². The zero-order valence-corrected chi connectivity index (χ0v) is 17.5. The van der Waals surface area contributed by atoms with Crippen molar-refractivity contribution in [2.75, 3.05) is 13.2 Å². The van der Waals surface area contributed by atoms with E-state index in [4.69, 9.17) is 9.84 Å². The average molecular weight is 438 g/mol. The van der Waals surface area contributed by atoms with Gasteiger partial charge in [0.05, 0.1) is 0 Å². The number of hydrogen-bond acceptors (Lipinski definition) is 5. The van der Waals surface area contributed by atoms with Gasteiger partial charge in [-0.05, 0) is 41.5 Å². The monoisotopic (exact) mass is 438 g/mol. The van der Waals surface area contributed by atoms with Crippen LogP contribution in [0.25, 0.3) is 11.1 Å². The molecule has 1 fully saturated rings. The lowest BCUT2D eigenvalue weighted by Crippen LogP contribution is -2.63. The van der Waals surface area contributed by atoms with Crippen molar-refractivity contribution in [3.8, 4) is 11.1 Å². The smallest absolute Gasteiger partial charge is 0.408 e. The number of carboxylic acid groups (broad SMARTS) is 1. The molecule has 0 bridgehead atoms. The van der Waals surface area contributed by atoms with Crippen molar-refractivity contribution in [2.45, 2.75) is 43.2 Å². The molecule has 2 aliphatic carbocycles. The van der Waals surface area contributed by atoms with E-state index < -0.39 is 29.6 Å². The number of nitrogens with one attached hydrogen (secondary N) is 2. The van der Waals surface area contributed by atoms with Gasteiger partial charge in [0.15, 0.2) is 6.10 Å². The second kappa shape index (κ2) is 9.00. The number of rotatable bonds is 8. The predicted octanol–water partition coefficient (Wildman–Crippen LogP) is 2.40. The lowest BCUT2D eigenvalue weighted by molar-refractivity contribution is -0.147. The van der Waals surface area contributed by atoms with Crippen molar-refractivity contribution in [2.24, 2.45) is 0 Å². The first-order valence-electron chi connectivity index (χ1n) is 10.7. The Morgan fingerprint density at radius 1 is 1.03 bits per heavy atom. The van der Waals surface area contributed by atoms with Gasteiger partial charge < -0.3 is 25.6 Å². The van der Waals surface area contributed by atoms with Gasteiger partial charge in [-0.3, -0.25) is 4.79 Å². The Bertz CT molecular complexity index is 987. The van der Waals surface area contributed by atoms with Gasteiger partial charge in [0, 0.05) is 18.9 Å². The van der Waals surface area contributed by atoms with Gasteiger partial charge in [-0.2, -0.15) is 0 Å². The first kappa shape index (κ1) is 21.8. The predicted molar refractivity (Wildman–Crippen MR) is 116 cm³/mol. The highest BCUT2D eigenvalue weighted by molar-refractivity contribution is 5.91. The minimum Gasteiger partial charge on any atom is -0.479 e. The quantitative estimate of drug-likeness (QED) is 0.502. The molecule has 1 atom stereocenters. The maximum Gasteiger partial charge on any atom is 0.408 e. The molecule has 2 aromatic rings. The number of alkyl carbamates (subject to hydrolysis) is 1. The second-order valence-electron chi connectivity index (χ2n) is 8.28. The van der Waals surface area contributed by atoms with E-state index in [1.807, 2.05) is 36.4 Å². The van der Waals surface area contributed by atoms with Crippen molar-refractivity contribution < 1.29 is 29.3 Å². The Morgan fingerprint density at radius 2 is 1.62 bits per heavy atom. The molecule has 168 valence electrons. The zero-order chi connectivity index (χ0) is 22.7. The van der Waals surface area contributed by atoms with Crippen LogP contribution in [0.3, 0.4) is 0 Å². The van der Waals surface area contributed by atoms with E-state index in [0.29, 0.717) is 12.8 Å². The fourth-order valence-electron chi connectivity index (χ4n) is 4.38. The first-order chi connectivity index (χ1) is 15.4. The van der Waals surface area contributed by atoms with Crippen LogP contribution in [0.5, 0.6) is 0 Å². The summed E-state index contributed by atoms with van der Waals surface area (Å²) < 4.78 is 5.55. The van der Waals surface area contributed by atoms with E-state index in [2.05, 4.69) is 22.8 Å². The standard InChI is InChI=1S/C24H26N2O6/c27-20(21(28)29)10-13-25-22(30)24(11-5-12-24)26-23(31)32-14-19-17-8-3-1-6-15(17)16-7-2-4-9-18(16)19/h1-4,6-9,19-20,27H,5,10-14H2,(H,25,30)(H,26,31)(H,28,29).